The minimum Gasteiger partial charge on any atom is -0.488 e. The smallest absolute Gasteiger partial charge is 0.267 e. The fourth-order valence-electron chi connectivity index (χ4n) is 2.90. The standard InChI is InChI=1S/C17H20N4O3S/c1-10-15(25-11(2)20-10)17(23)21-7-3-4-13(9-21)24-12-5-6-19-14(8-12)16(18)22/h5-6,8,13H,3-4,7,9H2,1-2H3,(H2,18,22). The molecule has 2 N–H and O–H groups in total. The molecule has 0 saturated carbocycles. The third-order valence-corrected chi connectivity index (χ3v) is 5.11. The zero-order chi connectivity index (χ0) is 18.0. The molecule has 3 heterocycles. The van der Waals surface area contributed by atoms with Crippen molar-refractivity contribution >= 4 is 23.2 Å². The fourth-order valence-corrected chi connectivity index (χ4v) is 3.79. The van der Waals surface area contributed by atoms with Gasteiger partial charge in [0.2, 0.25) is 0 Å². The molecule has 3 rings (SSSR count). The number of carbonyl (C=O) groups excluding carboxylic acids is 2. The van der Waals surface area contributed by atoms with Crippen molar-refractivity contribution in [3.63, 3.8) is 0 Å². The molecule has 0 bridgehead atoms. The van der Waals surface area contributed by atoms with E-state index in [0.29, 0.717) is 23.7 Å². The van der Waals surface area contributed by atoms with E-state index in [1.165, 1.54) is 23.6 Å². The number of primary amides is 1. The van der Waals surface area contributed by atoms with E-state index in [0.717, 1.165) is 23.5 Å². The van der Waals surface area contributed by atoms with E-state index in [1.807, 2.05) is 18.7 Å². The number of rotatable bonds is 4. The Bertz CT molecular complexity index is 805. The van der Waals surface area contributed by atoms with Gasteiger partial charge in [-0.1, -0.05) is 0 Å². The predicted molar refractivity (Wildman–Crippen MR) is 93.9 cm³/mol. The van der Waals surface area contributed by atoms with Crippen LogP contribution in [-0.4, -0.2) is 45.9 Å². The Kier molecular flexibility index (Phi) is 4.98. The Hall–Kier alpha value is -2.48. The average Bonchev–Trinajstić information content (AvgIpc) is 2.93. The summed E-state index contributed by atoms with van der Waals surface area (Å²) in [5.74, 6) is -0.0567. The monoisotopic (exact) mass is 360 g/mol. The fraction of sp³-hybridized carbons (Fsp3) is 0.412. The second kappa shape index (κ2) is 7.18. The van der Waals surface area contributed by atoms with E-state index >= 15 is 0 Å². The summed E-state index contributed by atoms with van der Waals surface area (Å²) in [6, 6.07) is 3.21. The van der Waals surface area contributed by atoms with Gasteiger partial charge in [0.1, 0.15) is 22.4 Å². The molecule has 25 heavy (non-hydrogen) atoms. The highest BCUT2D eigenvalue weighted by Gasteiger charge is 2.28. The van der Waals surface area contributed by atoms with Gasteiger partial charge >= 0.3 is 0 Å². The van der Waals surface area contributed by atoms with E-state index in [4.69, 9.17) is 10.5 Å². The number of hydrogen-bond donors (Lipinski definition) is 1. The summed E-state index contributed by atoms with van der Waals surface area (Å²) in [4.78, 5) is 34.7. The van der Waals surface area contributed by atoms with Crippen LogP contribution in [-0.2, 0) is 0 Å². The van der Waals surface area contributed by atoms with Gasteiger partial charge < -0.3 is 15.4 Å². The molecule has 1 saturated heterocycles. The number of ether oxygens (including phenoxy) is 1. The van der Waals surface area contributed by atoms with E-state index in [-0.39, 0.29) is 17.7 Å². The molecule has 2 aromatic rings. The van der Waals surface area contributed by atoms with Crippen LogP contribution >= 0.6 is 11.3 Å². The quantitative estimate of drug-likeness (QED) is 0.898. The highest BCUT2D eigenvalue weighted by Crippen LogP contribution is 2.23. The molecular formula is C17H20N4O3S. The Morgan fingerprint density at radius 2 is 2.20 bits per heavy atom. The van der Waals surface area contributed by atoms with E-state index in [1.54, 1.807) is 6.07 Å². The molecule has 1 fully saturated rings. The highest BCUT2D eigenvalue weighted by atomic mass is 32.1. The Labute approximate surface area is 149 Å². The van der Waals surface area contributed by atoms with Crippen LogP contribution in [0.4, 0.5) is 0 Å². The summed E-state index contributed by atoms with van der Waals surface area (Å²) in [6.45, 7) is 4.97. The van der Waals surface area contributed by atoms with Crippen LogP contribution in [0.15, 0.2) is 18.3 Å². The lowest BCUT2D eigenvalue weighted by Crippen LogP contribution is -2.44. The van der Waals surface area contributed by atoms with Crippen molar-refractivity contribution in [1.82, 2.24) is 14.9 Å². The summed E-state index contributed by atoms with van der Waals surface area (Å²) >= 11 is 1.42. The van der Waals surface area contributed by atoms with Gasteiger partial charge in [-0.2, -0.15) is 0 Å². The number of hydrogen-bond acceptors (Lipinski definition) is 6. The summed E-state index contributed by atoms with van der Waals surface area (Å²) < 4.78 is 5.94. The van der Waals surface area contributed by atoms with Crippen molar-refractivity contribution in [1.29, 1.82) is 0 Å². The van der Waals surface area contributed by atoms with Crippen LogP contribution < -0.4 is 10.5 Å². The normalized spacial score (nSPS) is 17.4. The van der Waals surface area contributed by atoms with E-state index in [2.05, 4.69) is 9.97 Å². The molecule has 2 amide bonds. The first-order chi connectivity index (χ1) is 11.9. The molecule has 8 heteroatoms. The van der Waals surface area contributed by atoms with Crippen molar-refractivity contribution in [2.75, 3.05) is 13.1 Å². The van der Waals surface area contributed by atoms with Gasteiger partial charge in [0, 0.05) is 18.8 Å². The summed E-state index contributed by atoms with van der Waals surface area (Å²) in [5.41, 5.74) is 6.18. The zero-order valence-electron chi connectivity index (χ0n) is 14.2. The minimum absolute atomic E-state index is 0.00366. The molecule has 0 aromatic carbocycles. The molecule has 1 atom stereocenters. The van der Waals surface area contributed by atoms with Crippen molar-refractivity contribution in [3.05, 3.63) is 39.6 Å². The number of likely N-dealkylation sites (tertiary alicyclic amines) is 1. The van der Waals surface area contributed by atoms with E-state index < -0.39 is 5.91 Å². The maximum absolute atomic E-state index is 12.7. The van der Waals surface area contributed by atoms with Crippen LogP contribution in [0.5, 0.6) is 5.75 Å². The summed E-state index contributed by atoms with van der Waals surface area (Å²) in [7, 11) is 0. The lowest BCUT2D eigenvalue weighted by atomic mass is 10.1. The van der Waals surface area contributed by atoms with Gasteiger partial charge in [0.15, 0.2) is 0 Å². The first-order valence-electron chi connectivity index (χ1n) is 8.10. The molecule has 0 spiro atoms. The van der Waals surface area contributed by atoms with Crippen LogP contribution in [0, 0.1) is 13.8 Å². The summed E-state index contributed by atoms with van der Waals surface area (Å²) in [6.07, 6.45) is 3.07. The number of amides is 2. The Morgan fingerprint density at radius 3 is 2.88 bits per heavy atom. The van der Waals surface area contributed by atoms with Crippen LogP contribution in [0.3, 0.4) is 0 Å². The minimum atomic E-state index is -0.595. The largest absolute Gasteiger partial charge is 0.488 e. The Balaban J connectivity index is 1.69. The molecule has 0 aliphatic carbocycles. The van der Waals surface area contributed by atoms with Crippen molar-refractivity contribution in [3.8, 4) is 5.75 Å². The number of pyridine rings is 1. The lowest BCUT2D eigenvalue weighted by Gasteiger charge is -2.32. The van der Waals surface area contributed by atoms with Gasteiger partial charge in [0.05, 0.1) is 17.2 Å². The first-order valence-corrected chi connectivity index (χ1v) is 8.91. The molecule has 7 nitrogen and oxygen atoms in total. The molecule has 2 aromatic heterocycles. The van der Waals surface area contributed by atoms with E-state index in [9.17, 15) is 9.59 Å². The number of aromatic nitrogens is 2. The van der Waals surface area contributed by atoms with Crippen LogP contribution in [0.25, 0.3) is 0 Å². The number of nitrogens with two attached hydrogens (primary N) is 1. The Morgan fingerprint density at radius 1 is 1.40 bits per heavy atom. The average molecular weight is 360 g/mol. The van der Waals surface area contributed by atoms with Crippen LogP contribution in [0.1, 0.15) is 43.7 Å². The maximum atomic E-state index is 12.7. The number of nitrogens with zero attached hydrogens (tertiary/aromatic N) is 3. The molecule has 1 aliphatic rings. The topological polar surface area (TPSA) is 98.4 Å². The van der Waals surface area contributed by atoms with Gasteiger partial charge in [-0.05, 0) is 32.8 Å². The lowest BCUT2D eigenvalue weighted by molar-refractivity contribution is 0.0541. The number of thiazole rings is 1. The molecular weight excluding hydrogens is 340 g/mol. The third kappa shape index (κ3) is 3.96. The predicted octanol–water partition coefficient (Wildman–Crippen LogP) is 1.94. The second-order valence-electron chi connectivity index (χ2n) is 6.02. The van der Waals surface area contributed by atoms with Gasteiger partial charge in [0.25, 0.3) is 11.8 Å². The third-order valence-electron chi connectivity index (χ3n) is 4.05. The van der Waals surface area contributed by atoms with Crippen molar-refractivity contribution < 1.29 is 14.3 Å². The summed E-state index contributed by atoms with van der Waals surface area (Å²) in [5, 5.41) is 0.890. The molecule has 0 radical (unpaired) electrons. The molecule has 1 unspecified atom stereocenters. The van der Waals surface area contributed by atoms with Gasteiger partial charge in [-0.3, -0.25) is 14.6 Å². The highest BCUT2D eigenvalue weighted by molar-refractivity contribution is 7.13. The zero-order valence-corrected chi connectivity index (χ0v) is 15.0. The number of aryl methyl sites for hydroxylation is 2. The first kappa shape index (κ1) is 17.3. The SMILES string of the molecule is Cc1nc(C)c(C(=O)N2CCCC(Oc3ccnc(C(N)=O)c3)C2)s1. The second-order valence-corrected chi connectivity index (χ2v) is 7.22. The molecule has 1 aliphatic heterocycles. The number of piperidine rings is 1. The maximum Gasteiger partial charge on any atom is 0.267 e. The van der Waals surface area contributed by atoms with Crippen molar-refractivity contribution in [2.45, 2.75) is 32.8 Å². The van der Waals surface area contributed by atoms with Gasteiger partial charge in [-0.25, -0.2) is 4.98 Å². The molecule has 132 valence electrons. The number of carbonyl (C=O) groups is 2. The van der Waals surface area contributed by atoms with Crippen molar-refractivity contribution in [2.24, 2.45) is 5.73 Å². The van der Waals surface area contributed by atoms with Gasteiger partial charge in [-0.15, -0.1) is 11.3 Å². The van der Waals surface area contributed by atoms with Crippen LogP contribution in [0.2, 0.25) is 0 Å².